The summed E-state index contributed by atoms with van der Waals surface area (Å²) in [6.07, 6.45) is -4.16. The molecule has 0 unspecified atom stereocenters. The monoisotopic (exact) mass is 333 g/mol. The van der Waals surface area contributed by atoms with Gasteiger partial charge in [-0.25, -0.2) is 0 Å². The van der Waals surface area contributed by atoms with Crippen molar-refractivity contribution in [3.05, 3.63) is 24.3 Å². The van der Waals surface area contributed by atoms with E-state index in [4.69, 9.17) is 15.2 Å². The lowest BCUT2D eigenvalue weighted by Gasteiger charge is -2.20. The highest BCUT2D eigenvalue weighted by Crippen LogP contribution is 2.24. The quantitative estimate of drug-likeness (QED) is 0.639. The van der Waals surface area contributed by atoms with Crippen molar-refractivity contribution in [3.8, 4) is 5.75 Å². The fourth-order valence-electron chi connectivity index (χ4n) is 2.01. The van der Waals surface area contributed by atoms with E-state index in [1.807, 2.05) is 6.92 Å². The van der Waals surface area contributed by atoms with Crippen molar-refractivity contribution < 1.29 is 27.4 Å². The molecule has 1 aromatic carbocycles. The molecule has 1 saturated heterocycles. The smallest absolute Gasteiger partial charge is 0.406 e. The van der Waals surface area contributed by atoms with E-state index in [1.54, 1.807) is 0 Å². The fraction of sp³-hybridized carbons (Fsp3) is 0.500. The van der Waals surface area contributed by atoms with Gasteiger partial charge in [-0.2, -0.15) is 0 Å². The highest BCUT2D eigenvalue weighted by Gasteiger charge is 2.31. The van der Waals surface area contributed by atoms with Crippen LogP contribution in [0.15, 0.2) is 29.3 Å². The van der Waals surface area contributed by atoms with E-state index in [-0.39, 0.29) is 11.7 Å². The zero-order valence-electron chi connectivity index (χ0n) is 12.5. The van der Waals surface area contributed by atoms with Crippen LogP contribution in [-0.2, 0) is 9.47 Å². The molecule has 2 rings (SSSR count). The van der Waals surface area contributed by atoms with Crippen LogP contribution in [0, 0.1) is 0 Å². The molecule has 0 atom stereocenters. The van der Waals surface area contributed by atoms with Gasteiger partial charge in [0.15, 0.2) is 11.7 Å². The summed E-state index contributed by atoms with van der Waals surface area (Å²) in [7, 11) is 0. The molecule has 1 fully saturated rings. The van der Waals surface area contributed by atoms with Crippen LogP contribution in [0.3, 0.4) is 0 Å². The maximum Gasteiger partial charge on any atom is 0.573 e. The van der Waals surface area contributed by atoms with E-state index >= 15 is 0 Å². The maximum absolute atomic E-state index is 12.1. The first kappa shape index (κ1) is 17.4. The van der Waals surface area contributed by atoms with E-state index in [1.165, 1.54) is 24.3 Å². The molecule has 0 saturated carbocycles. The van der Waals surface area contributed by atoms with Crippen LogP contribution in [0.2, 0.25) is 0 Å². The van der Waals surface area contributed by atoms with Crippen molar-refractivity contribution in [1.82, 2.24) is 0 Å². The van der Waals surface area contributed by atoms with Crippen LogP contribution >= 0.6 is 0 Å². The maximum atomic E-state index is 12.1. The van der Waals surface area contributed by atoms with Gasteiger partial charge in [-0.15, -0.1) is 13.2 Å². The molecule has 0 aromatic heterocycles. The summed E-state index contributed by atoms with van der Waals surface area (Å²) in [5.74, 6) is -0.793. The SMILES string of the molecule is CC1(CCN=C(N)Nc2ccc(OC(F)(F)F)cc2)OCCO1. The molecule has 3 N–H and O–H groups in total. The molecular weight excluding hydrogens is 315 g/mol. The molecule has 0 radical (unpaired) electrons. The van der Waals surface area contributed by atoms with Gasteiger partial charge in [-0.1, -0.05) is 0 Å². The third-order valence-corrected chi connectivity index (χ3v) is 3.11. The van der Waals surface area contributed by atoms with Gasteiger partial charge in [0.05, 0.1) is 13.2 Å². The van der Waals surface area contributed by atoms with E-state index in [0.29, 0.717) is 31.9 Å². The number of alkyl halides is 3. The molecule has 1 aromatic rings. The molecule has 0 spiro atoms. The summed E-state index contributed by atoms with van der Waals surface area (Å²) in [6, 6.07) is 5.19. The normalized spacial score (nSPS) is 18.0. The summed E-state index contributed by atoms with van der Waals surface area (Å²) in [5, 5.41) is 2.78. The van der Waals surface area contributed by atoms with Crippen LogP contribution in [0.1, 0.15) is 13.3 Å². The second-order valence-corrected chi connectivity index (χ2v) is 5.04. The minimum absolute atomic E-state index is 0.149. The number of ether oxygens (including phenoxy) is 3. The molecule has 0 amide bonds. The summed E-state index contributed by atoms with van der Waals surface area (Å²) < 4.78 is 50.8. The van der Waals surface area contributed by atoms with Crippen molar-refractivity contribution in [1.29, 1.82) is 0 Å². The first-order valence-electron chi connectivity index (χ1n) is 6.96. The van der Waals surface area contributed by atoms with E-state index < -0.39 is 12.1 Å². The van der Waals surface area contributed by atoms with Gasteiger partial charge in [0.1, 0.15) is 5.75 Å². The molecule has 1 heterocycles. The molecule has 0 bridgehead atoms. The second-order valence-electron chi connectivity index (χ2n) is 5.04. The van der Waals surface area contributed by atoms with Crippen molar-refractivity contribution in [2.75, 3.05) is 25.1 Å². The average molecular weight is 333 g/mol. The second kappa shape index (κ2) is 7.05. The Morgan fingerprint density at radius 3 is 2.48 bits per heavy atom. The van der Waals surface area contributed by atoms with Gasteiger partial charge < -0.3 is 25.3 Å². The van der Waals surface area contributed by atoms with Crippen molar-refractivity contribution in [3.63, 3.8) is 0 Å². The Balaban J connectivity index is 1.82. The third-order valence-electron chi connectivity index (χ3n) is 3.11. The zero-order chi connectivity index (χ0) is 16.9. The predicted octanol–water partition coefficient (Wildman–Crippen LogP) is 2.46. The van der Waals surface area contributed by atoms with Crippen molar-refractivity contribution in [2.45, 2.75) is 25.5 Å². The number of nitrogens with two attached hydrogens (primary N) is 1. The number of hydrogen-bond donors (Lipinski definition) is 2. The lowest BCUT2D eigenvalue weighted by atomic mass is 10.2. The highest BCUT2D eigenvalue weighted by molar-refractivity contribution is 5.92. The molecule has 1 aliphatic heterocycles. The Labute approximate surface area is 131 Å². The van der Waals surface area contributed by atoms with E-state index in [0.717, 1.165) is 0 Å². The average Bonchev–Trinajstić information content (AvgIpc) is 2.86. The lowest BCUT2D eigenvalue weighted by Crippen LogP contribution is -2.28. The summed E-state index contributed by atoms with van der Waals surface area (Å²) in [4.78, 5) is 4.12. The van der Waals surface area contributed by atoms with E-state index in [2.05, 4.69) is 15.0 Å². The van der Waals surface area contributed by atoms with Crippen LogP contribution in [0.5, 0.6) is 5.75 Å². The van der Waals surface area contributed by atoms with Crippen LogP contribution in [0.25, 0.3) is 0 Å². The van der Waals surface area contributed by atoms with Gasteiger partial charge >= 0.3 is 6.36 Å². The Kier molecular flexibility index (Phi) is 5.32. The first-order chi connectivity index (χ1) is 10.8. The topological polar surface area (TPSA) is 78.1 Å². The number of nitrogens with zero attached hydrogens (tertiary/aromatic N) is 1. The minimum atomic E-state index is -4.71. The molecule has 6 nitrogen and oxygen atoms in total. The van der Waals surface area contributed by atoms with Gasteiger partial charge in [-0.05, 0) is 31.2 Å². The zero-order valence-corrected chi connectivity index (χ0v) is 12.5. The Hall–Kier alpha value is -2.00. The minimum Gasteiger partial charge on any atom is -0.406 e. The van der Waals surface area contributed by atoms with Crippen LogP contribution < -0.4 is 15.8 Å². The molecule has 9 heteroatoms. The number of guanidine groups is 1. The lowest BCUT2D eigenvalue weighted by molar-refractivity contribution is -0.274. The summed E-state index contributed by atoms with van der Waals surface area (Å²) in [5.41, 5.74) is 6.22. The highest BCUT2D eigenvalue weighted by atomic mass is 19.4. The predicted molar refractivity (Wildman–Crippen MR) is 78.2 cm³/mol. The number of halogens is 3. The summed E-state index contributed by atoms with van der Waals surface area (Å²) >= 11 is 0. The standard InChI is InChI=1S/C14H18F3N3O3/c1-13(21-8-9-22-13)6-7-19-12(18)20-10-2-4-11(5-3-10)23-14(15,16)17/h2-5H,6-9H2,1H3,(H3,18,19,20). The Morgan fingerprint density at radius 2 is 1.91 bits per heavy atom. The molecule has 1 aliphatic rings. The van der Waals surface area contributed by atoms with Crippen LogP contribution in [0.4, 0.5) is 18.9 Å². The summed E-state index contributed by atoms with van der Waals surface area (Å²) in [6.45, 7) is 3.34. The first-order valence-corrected chi connectivity index (χ1v) is 6.96. The molecule has 23 heavy (non-hydrogen) atoms. The number of rotatable bonds is 5. The Morgan fingerprint density at radius 1 is 1.30 bits per heavy atom. The number of aliphatic imine (C=N–C) groups is 1. The van der Waals surface area contributed by atoms with Gasteiger partial charge in [0.2, 0.25) is 0 Å². The Bertz CT molecular complexity index is 540. The van der Waals surface area contributed by atoms with Crippen molar-refractivity contribution in [2.24, 2.45) is 10.7 Å². The number of nitrogens with one attached hydrogen (secondary N) is 1. The number of hydrogen-bond acceptors (Lipinski definition) is 4. The van der Waals surface area contributed by atoms with E-state index in [9.17, 15) is 13.2 Å². The fourth-order valence-corrected chi connectivity index (χ4v) is 2.01. The van der Waals surface area contributed by atoms with Gasteiger partial charge in [0, 0.05) is 18.7 Å². The molecule has 128 valence electrons. The van der Waals surface area contributed by atoms with Crippen molar-refractivity contribution >= 4 is 11.6 Å². The molecule has 0 aliphatic carbocycles. The largest absolute Gasteiger partial charge is 0.573 e. The number of anilines is 1. The third kappa shape index (κ3) is 5.95. The van der Waals surface area contributed by atoms with Gasteiger partial charge in [0.25, 0.3) is 0 Å². The molecular formula is C14H18F3N3O3. The van der Waals surface area contributed by atoms with Gasteiger partial charge in [-0.3, -0.25) is 4.99 Å². The van der Waals surface area contributed by atoms with Crippen LogP contribution in [-0.4, -0.2) is 37.9 Å². The number of benzene rings is 1.